The lowest BCUT2D eigenvalue weighted by Gasteiger charge is -2.16. The molecule has 1 saturated heterocycles. The number of hydrogen-bond acceptors (Lipinski definition) is 7. The quantitative estimate of drug-likeness (QED) is 0.296. The average Bonchev–Trinajstić information content (AvgIpc) is 3.34. The third-order valence-corrected chi connectivity index (χ3v) is 6.92. The summed E-state index contributed by atoms with van der Waals surface area (Å²) in [5.74, 6) is -0.741. The fourth-order valence-electron chi connectivity index (χ4n) is 3.71. The molecule has 0 bridgehead atoms. The Hall–Kier alpha value is -2.88. The topological polar surface area (TPSA) is 99.5 Å². The third-order valence-electron chi connectivity index (χ3n) is 5.54. The van der Waals surface area contributed by atoms with Gasteiger partial charge in [-0.15, -0.1) is 0 Å². The van der Waals surface area contributed by atoms with Crippen molar-refractivity contribution < 1.29 is 19.1 Å². The molecule has 0 spiro atoms. The Labute approximate surface area is 205 Å². The number of rotatable bonds is 7. The van der Waals surface area contributed by atoms with E-state index in [1.165, 1.54) is 13.2 Å². The van der Waals surface area contributed by atoms with E-state index >= 15 is 0 Å². The summed E-state index contributed by atoms with van der Waals surface area (Å²) in [6, 6.07) is 9.94. The van der Waals surface area contributed by atoms with Gasteiger partial charge in [0.15, 0.2) is 5.16 Å². The molecule has 1 amide bonds. The lowest BCUT2D eigenvalue weighted by atomic mass is 10.1. The monoisotopic (exact) mass is 501 g/mol. The first-order valence-electron chi connectivity index (χ1n) is 10.8. The summed E-state index contributed by atoms with van der Waals surface area (Å²) >= 11 is 7.29. The van der Waals surface area contributed by atoms with Crippen LogP contribution in [0.1, 0.15) is 28.8 Å². The number of aromatic nitrogens is 2. The zero-order valence-corrected chi connectivity index (χ0v) is 20.4. The van der Waals surface area contributed by atoms with Crippen LogP contribution in [0.2, 0.25) is 5.02 Å². The second kappa shape index (κ2) is 10.6. The largest absolute Gasteiger partial charge is 0.465 e. The van der Waals surface area contributed by atoms with Crippen molar-refractivity contribution in [2.75, 3.05) is 24.8 Å². The van der Waals surface area contributed by atoms with E-state index in [0.29, 0.717) is 45.5 Å². The average molecular weight is 502 g/mol. The van der Waals surface area contributed by atoms with Crippen LogP contribution in [0.4, 0.5) is 5.69 Å². The molecule has 0 saturated carbocycles. The van der Waals surface area contributed by atoms with Crippen molar-refractivity contribution in [3.63, 3.8) is 0 Å². The highest BCUT2D eigenvalue weighted by atomic mass is 35.5. The predicted molar refractivity (Wildman–Crippen MR) is 132 cm³/mol. The van der Waals surface area contributed by atoms with E-state index in [9.17, 15) is 14.4 Å². The van der Waals surface area contributed by atoms with Crippen LogP contribution in [0, 0.1) is 6.92 Å². The zero-order chi connectivity index (χ0) is 24.2. The molecule has 1 aromatic heterocycles. The second-order valence-electron chi connectivity index (χ2n) is 7.97. The molecule has 1 atom stereocenters. The highest BCUT2D eigenvalue weighted by Crippen LogP contribution is 2.23. The van der Waals surface area contributed by atoms with E-state index in [2.05, 4.69) is 10.3 Å². The van der Waals surface area contributed by atoms with Crippen molar-refractivity contribution in [1.82, 2.24) is 9.55 Å². The van der Waals surface area contributed by atoms with Crippen LogP contribution >= 0.6 is 23.4 Å². The minimum atomic E-state index is -0.516. The number of thioether (sulfide) groups is 1. The molecule has 1 aliphatic heterocycles. The Balaban J connectivity index is 1.62. The van der Waals surface area contributed by atoms with Gasteiger partial charge in [0.2, 0.25) is 5.91 Å². The van der Waals surface area contributed by atoms with Crippen LogP contribution in [0.3, 0.4) is 0 Å². The predicted octanol–water partition coefficient (Wildman–Crippen LogP) is 4.05. The maximum absolute atomic E-state index is 13.3. The highest BCUT2D eigenvalue weighted by molar-refractivity contribution is 7.99. The maximum atomic E-state index is 13.3. The van der Waals surface area contributed by atoms with E-state index in [0.717, 1.165) is 30.2 Å². The minimum Gasteiger partial charge on any atom is -0.465 e. The summed E-state index contributed by atoms with van der Waals surface area (Å²) in [5, 5.41) is 4.14. The van der Waals surface area contributed by atoms with E-state index < -0.39 is 5.97 Å². The van der Waals surface area contributed by atoms with Gasteiger partial charge in [-0.3, -0.25) is 14.2 Å². The van der Waals surface area contributed by atoms with Crippen LogP contribution in [0.5, 0.6) is 0 Å². The van der Waals surface area contributed by atoms with Gasteiger partial charge in [-0.25, -0.2) is 9.78 Å². The molecular weight excluding hydrogens is 478 g/mol. The van der Waals surface area contributed by atoms with Crippen molar-refractivity contribution >= 4 is 51.8 Å². The van der Waals surface area contributed by atoms with Gasteiger partial charge in [-0.05, 0) is 55.7 Å². The number of ether oxygens (including phenoxy) is 2. The van der Waals surface area contributed by atoms with Crippen molar-refractivity contribution in [1.29, 1.82) is 0 Å². The number of esters is 1. The smallest absolute Gasteiger partial charge is 0.337 e. The number of halogens is 1. The van der Waals surface area contributed by atoms with E-state index in [1.54, 1.807) is 28.8 Å². The number of carbonyl (C=O) groups is 2. The van der Waals surface area contributed by atoms with Gasteiger partial charge in [-0.2, -0.15) is 0 Å². The Morgan fingerprint density at radius 2 is 2.12 bits per heavy atom. The Morgan fingerprint density at radius 1 is 1.29 bits per heavy atom. The van der Waals surface area contributed by atoms with Gasteiger partial charge < -0.3 is 14.8 Å². The molecular formula is C24H24ClN3O5S. The lowest BCUT2D eigenvalue weighted by molar-refractivity contribution is -0.113. The molecule has 0 radical (unpaired) electrons. The number of nitrogens with zero attached hydrogens (tertiary/aromatic N) is 2. The molecule has 1 fully saturated rings. The summed E-state index contributed by atoms with van der Waals surface area (Å²) in [6.07, 6.45) is 1.70. The van der Waals surface area contributed by atoms with Crippen LogP contribution < -0.4 is 10.9 Å². The molecule has 34 heavy (non-hydrogen) atoms. The van der Waals surface area contributed by atoms with E-state index in [-0.39, 0.29) is 23.3 Å². The van der Waals surface area contributed by atoms with Crippen LogP contribution in [0.25, 0.3) is 10.9 Å². The Bertz CT molecular complexity index is 1300. The van der Waals surface area contributed by atoms with Crippen LogP contribution in [-0.2, 0) is 20.8 Å². The van der Waals surface area contributed by atoms with Gasteiger partial charge in [0.05, 0.1) is 42.0 Å². The summed E-state index contributed by atoms with van der Waals surface area (Å²) in [5.41, 5.74) is 1.92. The van der Waals surface area contributed by atoms with Gasteiger partial charge in [0.25, 0.3) is 5.56 Å². The van der Waals surface area contributed by atoms with Gasteiger partial charge in [0, 0.05) is 17.3 Å². The standard InChI is InChI=1S/C24H24ClN3O5S/c1-14-5-7-16(11-19(14)25)26-21(29)13-34-24-27-20-10-15(23(31)32-2)6-8-18(20)22(30)28(24)12-17-4-3-9-33-17/h5-8,10-11,17H,3-4,9,12-13H2,1-2H3,(H,26,29)/t17-/m0/s1. The highest BCUT2D eigenvalue weighted by Gasteiger charge is 2.21. The first kappa shape index (κ1) is 24.3. The van der Waals surface area contributed by atoms with Crippen LogP contribution in [-0.4, -0.2) is 47.0 Å². The second-order valence-corrected chi connectivity index (χ2v) is 9.32. The van der Waals surface area contributed by atoms with Crippen molar-refractivity contribution in [2.24, 2.45) is 0 Å². The number of aryl methyl sites for hydroxylation is 1. The van der Waals surface area contributed by atoms with Gasteiger partial charge in [-0.1, -0.05) is 29.4 Å². The summed E-state index contributed by atoms with van der Waals surface area (Å²) in [7, 11) is 1.29. The maximum Gasteiger partial charge on any atom is 0.337 e. The molecule has 3 aromatic rings. The molecule has 1 aliphatic rings. The fraction of sp³-hybridized carbons (Fsp3) is 0.333. The molecule has 1 N–H and O–H groups in total. The van der Waals surface area contributed by atoms with Crippen LogP contribution in [0.15, 0.2) is 46.3 Å². The molecule has 8 nitrogen and oxygen atoms in total. The molecule has 2 heterocycles. The third kappa shape index (κ3) is 5.43. The molecule has 10 heteroatoms. The van der Waals surface area contributed by atoms with Crippen molar-refractivity contribution in [2.45, 2.75) is 37.6 Å². The first-order valence-corrected chi connectivity index (χ1v) is 12.2. The molecule has 2 aromatic carbocycles. The normalized spacial score (nSPS) is 15.4. The van der Waals surface area contributed by atoms with Crippen molar-refractivity contribution in [3.8, 4) is 0 Å². The van der Waals surface area contributed by atoms with Crippen molar-refractivity contribution in [3.05, 3.63) is 62.9 Å². The number of methoxy groups -OCH3 is 1. The number of anilines is 1. The van der Waals surface area contributed by atoms with Gasteiger partial charge >= 0.3 is 5.97 Å². The first-order chi connectivity index (χ1) is 16.4. The molecule has 0 unspecified atom stereocenters. The summed E-state index contributed by atoms with van der Waals surface area (Å²) < 4.78 is 12.0. The number of hydrogen-bond donors (Lipinski definition) is 1. The molecule has 178 valence electrons. The van der Waals surface area contributed by atoms with E-state index in [4.69, 9.17) is 21.1 Å². The van der Waals surface area contributed by atoms with Gasteiger partial charge in [0.1, 0.15) is 0 Å². The number of fused-ring (bicyclic) bond motifs is 1. The molecule has 0 aliphatic carbocycles. The minimum absolute atomic E-state index is 0.0334. The number of benzene rings is 2. The number of carbonyl (C=O) groups excluding carboxylic acids is 2. The Morgan fingerprint density at radius 3 is 2.82 bits per heavy atom. The van der Waals surface area contributed by atoms with E-state index in [1.807, 2.05) is 13.0 Å². The fourth-order valence-corrected chi connectivity index (χ4v) is 4.70. The SMILES string of the molecule is COC(=O)c1ccc2c(=O)n(C[C@@H]3CCCO3)c(SCC(=O)Nc3ccc(C)c(Cl)c3)nc2c1. The lowest BCUT2D eigenvalue weighted by Crippen LogP contribution is -2.29. The number of amides is 1. The Kier molecular flexibility index (Phi) is 7.55. The molecule has 4 rings (SSSR count). The zero-order valence-electron chi connectivity index (χ0n) is 18.8. The number of nitrogens with one attached hydrogen (secondary N) is 1. The summed E-state index contributed by atoms with van der Waals surface area (Å²) in [4.78, 5) is 42.5. The summed E-state index contributed by atoms with van der Waals surface area (Å²) in [6.45, 7) is 2.89.